The number of fused-ring (bicyclic) bond motifs is 1. The van der Waals surface area contributed by atoms with Crippen molar-refractivity contribution in [2.24, 2.45) is 5.92 Å². The van der Waals surface area contributed by atoms with Crippen LogP contribution in [0.2, 0.25) is 0 Å². The van der Waals surface area contributed by atoms with Crippen molar-refractivity contribution >= 4 is 11.7 Å². The molecule has 0 aromatic carbocycles. The summed E-state index contributed by atoms with van der Waals surface area (Å²) in [7, 11) is 0. The predicted octanol–water partition coefficient (Wildman–Crippen LogP) is 0.365. The molecule has 4 atom stereocenters. The maximum absolute atomic E-state index is 11.9. The number of carbonyl (C=O) groups excluding carboxylic acids is 2. The third-order valence-corrected chi connectivity index (χ3v) is 4.06. The van der Waals surface area contributed by atoms with Crippen LogP contribution in [0.3, 0.4) is 0 Å². The van der Waals surface area contributed by atoms with Crippen LogP contribution in [0, 0.1) is 5.92 Å². The van der Waals surface area contributed by atoms with E-state index in [-0.39, 0.29) is 23.8 Å². The van der Waals surface area contributed by atoms with Crippen molar-refractivity contribution in [2.45, 2.75) is 56.7 Å². The van der Waals surface area contributed by atoms with E-state index < -0.39 is 0 Å². The summed E-state index contributed by atoms with van der Waals surface area (Å²) in [6.45, 7) is 0. The van der Waals surface area contributed by atoms with Crippen LogP contribution in [0.4, 0.5) is 0 Å². The van der Waals surface area contributed by atoms with E-state index in [1.165, 1.54) is 6.42 Å². The second kappa shape index (κ2) is 3.84. The monoisotopic (exact) mass is 222 g/mol. The fourth-order valence-electron chi connectivity index (χ4n) is 2.93. The van der Waals surface area contributed by atoms with Gasteiger partial charge in [0.1, 0.15) is 0 Å². The lowest BCUT2D eigenvalue weighted by atomic mass is 9.94. The molecule has 1 amide bonds. The molecule has 1 saturated heterocycles. The van der Waals surface area contributed by atoms with Crippen LogP contribution < -0.4 is 10.6 Å². The molecule has 16 heavy (non-hydrogen) atoms. The highest BCUT2D eigenvalue weighted by Crippen LogP contribution is 2.40. The first-order valence-electron chi connectivity index (χ1n) is 6.33. The highest BCUT2D eigenvalue weighted by molar-refractivity contribution is 5.91. The van der Waals surface area contributed by atoms with E-state index in [0.29, 0.717) is 12.5 Å². The minimum Gasteiger partial charge on any atom is -0.345 e. The number of piperidine rings is 1. The zero-order valence-corrected chi connectivity index (χ0v) is 9.37. The maximum atomic E-state index is 11.9. The average Bonchev–Trinajstić information content (AvgIpc) is 2.89. The molecule has 0 spiro atoms. The zero-order chi connectivity index (χ0) is 11.1. The molecule has 0 bridgehead atoms. The summed E-state index contributed by atoms with van der Waals surface area (Å²) < 4.78 is 0. The number of nitrogens with one attached hydrogen (secondary N) is 2. The zero-order valence-electron chi connectivity index (χ0n) is 9.37. The molecule has 3 fully saturated rings. The van der Waals surface area contributed by atoms with Gasteiger partial charge in [-0.3, -0.25) is 9.59 Å². The third kappa shape index (κ3) is 1.86. The fourth-order valence-corrected chi connectivity index (χ4v) is 2.93. The molecule has 3 rings (SSSR count). The summed E-state index contributed by atoms with van der Waals surface area (Å²) in [6.07, 6.45) is 5.68. The number of hydrogen-bond donors (Lipinski definition) is 2. The van der Waals surface area contributed by atoms with E-state index in [2.05, 4.69) is 10.6 Å². The first kappa shape index (κ1) is 10.3. The Hall–Kier alpha value is -0.900. The van der Waals surface area contributed by atoms with E-state index in [0.717, 1.165) is 31.6 Å². The Labute approximate surface area is 95.2 Å². The lowest BCUT2D eigenvalue weighted by Crippen LogP contribution is -2.49. The Kier molecular flexibility index (Phi) is 2.46. The van der Waals surface area contributed by atoms with Crippen LogP contribution in [0.15, 0.2) is 0 Å². The van der Waals surface area contributed by atoms with Gasteiger partial charge in [0.2, 0.25) is 5.91 Å². The van der Waals surface area contributed by atoms with Gasteiger partial charge in [-0.2, -0.15) is 0 Å². The van der Waals surface area contributed by atoms with E-state index in [4.69, 9.17) is 0 Å². The van der Waals surface area contributed by atoms with Gasteiger partial charge < -0.3 is 10.6 Å². The number of amides is 1. The average molecular weight is 222 g/mol. The van der Waals surface area contributed by atoms with Gasteiger partial charge in [0, 0.05) is 12.5 Å². The highest BCUT2D eigenvalue weighted by Gasteiger charge is 2.48. The Morgan fingerprint density at radius 1 is 1.31 bits per heavy atom. The second-order valence-corrected chi connectivity index (χ2v) is 5.33. The minimum absolute atomic E-state index is 0.0347. The molecular formula is C12H18N2O2. The van der Waals surface area contributed by atoms with Crippen molar-refractivity contribution in [1.29, 1.82) is 0 Å². The van der Waals surface area contributed by atoms with Crippen molar-refractivity contribution < 1.29 is 9.59 Å². The molecule has 3 aliphatic rings. The van der Waals surface area contributed by atoms with E-state index >= 15 is 0 Å². The van der Waals surface area contributed by atoms with Crippen LogP contribution in [0.1, 0.15) is 38.5 Å². The Morgan fingerprint density at radius 2 is 2.19 bits per heavy atom. The second-order valence-electron chi connectivity index (χ2n) is 5.33. The first-order valence-corrected chi connectivity index (χ1v) is 6.33. The molecule has 4 heteroatoms. The van der Waals surface area contributed by atoms with Gasteiger partial charge in [-0.15, -0.1) is 0 Å². The molecule has 0 aromatic heterocycles. The summed E-state index contributed by atoms with van der Waals surface area (Å²) in [6, 6.07) is 0.330. The molecular weight excluding hydrogens is 204 g/mol. The predicted molar refractivity (Wildman–Crippen MR) is 58.8 cm³/mol. The highest BCUT2D eigenvalue weighted by atomic mass is 16.2. The summed E-state index contributed by atoms with van der Waals surface area (Å²) >= 11 is 0. The normalized spacial score (nSPS) is 41.6. The van der Waals surface area contributed by atoms with Crippen molar-refractivity contribution in [1.82, 2.24) is 10.6 Å². The minimum atomic E-state index is -0.208. The molecule has 0 aromatic rings. The van der Waals surface area contributed by atoms with Gasteiger partial charge in [-0.05, 0) is 31.6 Å². The van der Waals surface area contributed by atoms with Gasteiger partial charge in [0.25, 0.3) is 0 Å². The summed E-state index contributed by atoms with van der Waals surface area (Å²) in [5.41, 5.74) is 0. The fraction of sp³-hybridized carbons (Fsp3) is 0.833. The van der Waals surface area contributed by atoms with Crippen LogP contribution >= 0.6 is 0 Å². The molecule has 2 aliphatic carbocycles. The SMILES string of the molecule is O=C1CCCCC1NC(=O)[C@@H]1C[C@H]2C[C@H]2N1. The number of Topliss-reactive ketones (excluding diaryl/α,β-unsaturated/α-hetero) is 1. The lowest BCUT2D eigenvalue weighted by Gasteiger charge is -2.23. The summed E-state index contributed by atoms with van der Waals surface area (Å²) in [5, 5.41) is 6.21. The largest absolute Gasteiger partial charge is 0.345 e. The number of rotatable bonds is 2. The third-order valence-electron chi connectivity index (χ3n) is 4.06. The maximum Gasteiger partial charge on any atom is 0.237 e. The smallest absolute Gasteiger partial charge is 0.237 e. The number of ketones is 1. The van der Waals surface area contributed by atoms with Gasteiger partial charge in [0.15, 0.2) is 5.78 Å². The van der Waals surface area contributed by atoms with Crippen LogP contribution in [-0.4, -0.2) is 29.8 Å². The topological polar surface area (TPSA) is 58.2 Å². The van der Waals surface area contributed by atoms with E-state index in [1.54, 1.807) is 0 Å². The molecule has 2 saturated carbocycles. The van der Waals surface area contributed by atoms with Crippen LogP contribution in [0.25, 0.3) is 0 Å². The molecule has 2 N–H and O–H groups in total. The molecule has 1 heterocycles. The Morgan fingerprint density at radius 3 is 2.88 bits per heavy atom. The van der Waals surface area contributed by atoms with Gasteiger partial charge in [0.05, 0.1) is 12.1 Å². The molecule has 88 valence electrons. The van der Waals surface area contributed by atoms with Crippen molar-refractivity contribution in [3.63, 3.8) is 0 Å². The van der Waals surface area contributed by atoms with Crippen LogP contribution in [-0.2, 0) is 9.59 Å². The first-order chi connectivity index (χ1) is 7.74. The van der Waals surface area contributed by atoms with Gasteiger partial charge >= 0.3 is 0 Å². The van der Waals surface area contributed by atoms with Crippen LogP contribution in [0.5, 0.6) is 0 Å². The quantitative estimate of drug-likeness (QED) is 0.709. The molecule has 1 aliphatic heterocycles. The lowest BCUT2D eigenvalue weighted by molar-refractivity contribution is -0.129. The molecule has 0 radical (unpaired) electrons. The van der Waals surface area contributed by atoms with E-state index in [9.17, 15) is 9.59 Å². The van der Waals surface area contributed by atoms with Crippen molar-refractivity contribution in [3.8, 4) is 0 Å². The van der Waals surface area contributed by atoms with E-state index in [1.807, 2.05) is 0 Å². The number of carbonyl (C=O) groups is 2. The number of hydrogen-bond acceptors (Lipinski definition) is 3. The van der Waals surface area contributed by atoms with Crippen molar-refractivity contribution in [2.75, 3.05) is 0 Å². The molecule has 1 unspecified atom stereocenters. The Balaban J connectivity index is 1.53. The summed E-state index contributed by atoms with van der Waals surface area (Å²) in [5.74, 6) is 0.966. The molecule has 4 nitrogen and oxygen atoms in total. The standard InChI is InChI=1S/C12H18N2O2/c15-11-4-2-1-3-8(11)14-12(16)10-6-7-5-9(7)13-10/h7-10,13H,1-6H2,(H,14,16)/t7-,8?,9-,10+/m1/s1. The van der Waals surface area contributed by atoms with Crippen molar-refractivity contribution in [3.05, 3.63) is 0 Å². The Bertz CT molecular complexity index is 319. The van der Waals surface area contributed by atoms with Gasteiger partial charge in [-0.1, -0.05) is 6.42 Å². The van der Waals surface area contributed by atoms with Gasteiger partial charge in [-0.25, -0.2) is 0 Å². The summed E-state index contributed by atoms with van der Waals surface area (Å²) in [4.78, 5) is 23.5.